The van der Waals surface area contributed by atoms with Gasteiger partial charge in [0, 0.05) is 42.5 Å². The standard InChI is InChI=1S/C16H15N3O2/c20-15(11-5-7-17-8-6-11)18-9-12-10-19-16(21)14-4-2-1-3-13(12)14/h1-8,12H,9-10H2,(H,18,20)(H,19,21). The highest BCUT2D eigenvalue weighted by Gasteiger charge is 2.24. The molecule has 0 saturated heterocycles. The molecule has 0 saturated carbocycles. The van der Waals surface area contributed by atoms with Crippen LogP contribution in [-0.4, -0.2) is 29.9 Å². The number of benzene rings is 1. The lowest BCUT2D eigenvalue weighted by molar-refractivity contribution is 0.0935. The van der Waals surface area contributed by atoms with Crippen molar-refractivity contribution in [1.29, 1.82) is 0 Å². The molecule has 0 fully saturated rings. The third-order valence-electron chi connectivity index (χ3n) is 3.61. The maximum absolute atomic E-state index is 12.0. The number of nitrogens with one attached hydrogen (secondary N) is 2. The molecule has 0 bridgehead atoms. The van der Waals surface area contributed by atoms with Crippen LogP contribution in [0.1, 0.15) is 32.2 Å². The molecular formula is C16H15N3O2. The molecule has 1 unspecified atom stereocenters. The molecule has 1 aliphatic heterocycles. The summed E-state index contributed by atoms with van der Waals surface area (Å²) < 4.78 is 0. The second-order valence-electron chi connectivity index (χ2n) is 4.94. The predicted molar refractivity (Wildman–Crippen MR) is 78.1 cm³/mol. The van der Waals surface area contributed by atoms with E-state index < -0.39 is 0 Å². The molecule has 1 aromatic heterocycles. The Bertz CT molecular complexity index is 670. The summed E-state index contributed by atoms with van der Waals surface area (Å²) in [5, 5.41) is 5.76. The van der Waals surface area contributed by atoms with Gasteiger partial charge in [0.15, 0.2) is 0 Å². The van der Waals surface area contributed by atoms with E-state index in [-0.39, 0.29) is 17.7 Å². The lowest BCUT2D eigenvalue weighted by Crippen LogP contribution is -2.40. The van der Waals surface area contributed by atoms with Crippen molar-refractivity contribution in [3.63, 3.8) is 0 Å². The molecule has 21 heavy (non-hydrogen) atoms. The first kappa shape index (κ1) is 13.3. The zero-order chi connectivity index (χ0) is 14.7. The van der Waals surface area contributed by atoms with Crippen LogP contribution in [0, 0.1) is 0 Å². The van der Waals surface area contributed by atoms with E-state index in [1.165, 1.54) is 0 Å². The van der Waals surface area contributed by atoms with Crippen LogP contribution >= 0.6 is 0 Å². The quantitative estimate of drug-likeness (QED) is 0.892. The molecular weight excluding hydrogens is 266 g/mol. The lowest BCUT2D eigenvalue weighted by Gasteiger charge is -2.25. The van der Waals surface area contributed by atoms with Gasteiger partial charge in [-0.25, -0.2) is 0 Å². The fourth-order valence-electron chi connectivity index (χ4n) is 2.48. The average molecular weight is 281 g/mol. The van der Waals surface area contributed by atoms with Gasteiger partial charge in [-0.05, 0) is 23.8 Å². The van der Waals surface area contributed by atoms with Crippen LogP contribution in [0.5, 0.6) is 0 Å². The molecule has 2 aromatic rings. The van der Waals surface area contributed by atoms with E-state index in [1.807, 2.05) is 24.3 Å². The monoisotopic (exact) mass is 281 g/mol. The molecule has 2 heterocycles. The minimum atomic E-state index is -0.133. The minimum absolute atomic E-state index is 0.0534. The van der Waals surface area contributed by atoms with Gasteiger partial charge in [0.25, 0.3) is 11.8 Å². The molecule has 5 nitrogen and oxygen atoms in total. The Hall–Kier alpha value is -2.69. The summed E-state index contributed by atoms with van der Waals surface area (Å²) in [4.78, 5) is 27.7. The molecule has 5 heteroatoms. The van der Waals surface area contributed by atoms with Crippen molar-refractivity contribution >= 4 is 11.8 Å². The molecule has 1 aliphatic rings. The molecule has 0 spiro atoms. The summed E-state index contributed by atoms with van der Waals surface area (Å²) in [6.45, 7) is 1.02. The number of fused-ring (bicyclic) bond motifs is 1. The number of rotatable bonds is 3. The van der Waals surface area contributed by atoms with Crippen molar-refractivity contribution in [3.05, 3.63) is 65.5 Å². The number of pyridine rings is 1. The highest BCUT2D eigenvalue weighted by atomic mass is 16.2. The molecule has 1 aromatic carbocycles. The molecule has 1 atom stereocenters. The third-order valence-corrected chi connectivity index (χ3v) is 3.61. The zero-order valence-corrected chi connectivity index (χ0v) is 11.4. The molecule has 0 radical (unpaired) electrons. The fourth-order valence-corrected chi connectivity index (χ4v) is 2.48. The van der Waals surface area contributed by atoms with Crippen LogP contribution in [0.3, 0.4) is 0 Å². The van der Waals surface area contributed by atoms with Crippen molar-refractivity contribution in [3.8, 4) is 0 Å². The Morgan fingerprint density at radius 3 is 2.81 bits per heavy atom. The Morgan fingerprint density at radius 1 is 1.24 bits per heavy atom. The van der Waals surface area contributed by atoms with E-state index >= 15 is 0 Å². The summed E-state index contributed by atoms with van der Waals surface area (Å²) in [7, 11) is 0. The number of hydrogen-bond donors (Lipinski definition) is 2. The fraction of sp³-hybridized carbons (Fsp3) is 0.188. The highest BCUT2D eigenvalue weighted by Crippen LogP contribution is 2.23. The molecule has 0 aliphatic carbocycles. The highest BCUT2D eigenvalue weighted by molar-refractivity contribution is 5.97. The maximum atomic E-state index is 12.0. The van der Waals surface area contributed by atoms with Gasteiger partial charge in [-0.2, -0.15) is 0 Å². The average Bonchev–Trinajstić information content (AvgIpc) is 2.55. The van der Waals surface area contributed by atoms with Crippen LogP contribution in [0.25, 0.3) is 0 Å². The number of nitrogens with zero attached hydrogens (tertiary/aromatic N) is 1. The number of amides is 2. The second-order valence-corrected chi connectivity index (χ2v) is 4.94. The molecule has 2 N–H and O–H groups in total. The van der Waals surface area contributed by atoms with E-state index in [0.29, 0.717) is 24.2 Å². The summed E-state index contributed by atoms with van der Waals surface area (Å²) in [5.41, 5.74) is 2.25. The Labute approximate surface area is 122 Å². The number of hydrogen-bond acceptors (Lipinski definition) is 3. The van der Waals surface area contributed by atoms with Crippen LogP contribution in [0.15, 0.2) is 48.8 Å². The van der Waals surface area contributed by atoms with E-state index in [1.54, 1.807) is 24.5 Å². The lowest BCUT2D eigenvalue weighted by atomic mass is 9.90. The first-order valence-corrected chi connectivity index (χ1v) is 6.81. The first-order valence-electron chi connectivity index (χ1n) is 6.81. The van der Waals surface area contributed by atoms with Crippen molar-refractivity contribution in [2.75, 3.05) is 13.1 Å². The summed E-state index contributed by atoms with van der Waals surface area (Å²) in [6.07, 6.45) is 3.18. The van der Waals surface area contributed by atoms with E-state index in [9.17, 15) is 9.59 Å². The van der Waals surface area contributed by atoms with Gasteiger partial charge < -0.3 is 10.6 Å². The largest absolute Gasteiger partial charge is 0.351 e. The molecule has 3 rings (SSSR count). The zero-order valence-electron chi connectivity index (χ0n) is 11.4. The molecule has 2 amide bonds. The van der Waals surface area contributed by atoms with E-state index in [2.05, 4.69) is 15.6 Å². The van der Waals surface area contributed by atoms with Gasteiger partial charge in [0.1, 0.15) is 0 Å². The predicted octanol–water partition coefficient (Wildman–Crippen LogP) is 1.34. The number of carbonyl (C=O) groups is 2. The topological polar surface area (TPSA) is 71.1 Å². The van der Waals surface area contributed by atoms with Crippen molar-refractivity contribution in [1.82, 2.24) is 15.6 Å². The summed E-state index contributed by atoms with van der Waals surface area (Å²) in [5.74, 6) is -0.0984. The van der Waals surface area contributed by atoms with Gasteiger partial charge in [-0.15, -0.1) is 0 Å². The van der Waals surface area contributed by atoms with E-state index in [0.717, 1.165) is 5.56 Å². The Morgan fingerprint density at radius 2 is 2.00 bits per heavy atom. The Kier molecular flexibility index (Phi) is 3.64. The van der Waals surface area contributed by atoms with Crippen LogP contribution in [-0.2, 0) is 0 Å². The van der Waals surface area contributed by atoms with Crippen LogP contribution in [0.2, 0.25) is 0 Å². The number of aromatic nitrogens is 1. The molecule has 106 valence electrons. The Balaban J connectivity index is 1.71. The summed E-state index contributed by atoms with van der Waals surface area (Å²) >= 11 is 0. The minimum Gasteiger partial charge on any atom is -0.351 e. The summed E-state index contributed by atoms with van der Waals surface area (Å²) in [6, 6.07) is 10.8. The van der Waals surface area contributed by atoms with Gasteiger partial charge >= 0.3 is 0 Å². The van der Waals surface area contributed by atoms with Crippen LogP contribution in [0.4, 0.5) is 0 Å². The van der Waals surface area contributed by atoms with Gasteiger partial charge in [-0.3, -0.25) is 14.6 Å². The van der Waals surface area contributed by atoms with Gasteiger partial charge in [0.05, 0.1) is 0 Å². The van der Waals surface area contributed by atoms with Gasteiger partial charge in [0.2, 0.25) is 0 Å². The van der Waals surface area contributed by atoms with Crippen molar-refractivity contribution in [2.45, 2.75) is 5.92 Å². The normalized spacial score (nSPS) is 16.8. The second kappa shape index (κ2) is 5.75. The van der Waals surface area contributed by atoms with E-state index in [4.69, 9.17) is 0 Å². The van der Waals surface area contributed by atoms with Crippen LogP contribution < -0.4 is 10.6 Å². The van der Waals surface area contributed by atoms with Gasteiger partial charge in [-0.1, -0.05) is 18.2 Å². The van der Waals surface area contributed by atoms with Crippen molar-refractivity contribution in [2.24, 2.45) is 0 Å². The maximum Gasteiger partial charge on any atom is 0.251 e. The number of carbonyl (C=O) groups excluding carboxylic acids is 2. The van der Waals surface area contributed by atoms with Crippen molar-refractivity contribution < 1.29 is 9.59 Å². The third kappa shape index (κ3) is 2.76. The SMILES string of the molecule is O=C(NCC1CNC(=O)c2ccccc21)c1ccncc1. The first-order chi connectivity index (χ1) is 10.3. The smallest absolute Gasteiger partial charge is 0.251 e.